The molecule has 1 aromatic rings. The van der Waals surface area contributed by atoms with Crippen molar-refractivity contribution in [1.82, 2.24) is 30.3 Å². The summed E-state index contributed by atoms with van der Waals surface area (Å²) in [4.78, 5) is 22.6. The average Bonchev–Trinajstić information content (AvgIpc) is 3.09. The summed E-state index contributed by atoms with van der Waals surface area (Å²) in [6, 6.07) is 0.529. The fraction of sp³-hybridized carbons (Fsp3) is 0.778. The molecule has 9 nitrogen and oxygen atoms in total. The molecule has 1 atom stereocenters. The number of likely N-dealkylation sites (N-methyl/N-ethyl adjacent to an activating group) is 1. The standard InChI is InChI=1S/C18H31N7O2.HI/c1-4-15-22-16-6-5-14(12-25(16)23-15)21-18(19-11-17(26)24(2)3)20-13-7-9-27-10-8-13;/h13-14H,4-12H2,1-3H3,(H2,19,20,21);1H. The molecule has 0 saturated carbocycles. The lowest BCUT2D eigenvalue weighted by Gasteiger charge is -2.29. The van der Waals surface area contributed by atoms with E-state index in [1.807, 2.05) is 4.68 Å². The lowest BCUT2D eigenvalue weighted by molar-refractivity contribution is -0.127. The van der Waals surface area contributed by atoms with Crippen molar-refractivity contribution < 1.29 is 9.53 Å². The topological polar surface area (TPSA) is 96.7 Å². The van der Waals surface area contributed by atoms with Gasteiger partial charge in [0.05, 0.1) is 6.54 Å². The Morgan fingerprint density at radius 2 is 1.96 bits per heavy atom. The fourth-order valence-corrected chi connectivity index (χ4v) is 3.28. The molecule has 2 aliphatic heterocycles. The molecule has 0 aromatic carbocycles. The number of carbonyl (C=O) groups excluding carboxylic acids is 1. The number of guanidine groups is 1. The van der Waals surface area contributed by atoms with Crippen LogP contribution in [0.4, 0.5) is 0 Å². The van der Waals surface area contributed by atoms with E-state index >= 15 is 0 Å². The minimum atomic E-state index is -0.0159. The summed E-state index contributed by atoms with van der Waals surface area (Å²) >= 11 is 0. The molecule has 10 heteroatoms. The second kappa shape index (κ2) is 10.9. The molecule has 1 amide bonds. The van der Waals surface area contributed by atoms with Crippen molar-refractivity contribution in [2.24, 2.45) is 4.99 Å². The highest BCUT2D eigenvalue weighted by Gasteiger charge is 2.23. The summed E-state index contributed by atoms with van der Waals surface area (Å²) in [5.74, 6) is 2.64. The van der Waals surface area contributed by atoms with Crippen molar-refractivity contribution in [2.45, 2.75) is 57.7 Å². The number of amides is 1. The van der Waals surface area contributed by atoms with Crippen LogP contribution in [0.15, 0.2) is 4.99 Å². The third kappa shape index (κ3) is 6.29. The third-order valence-electron chi connectivity index (χ3n) is 4.99. The van der Waals surface area contributed by atoms with E-state index in [4.69, 9.17) is 4.74 Å². The number of hydrogen-bond donors (Lipinski definition) is 2. The molecular weight excluding hydrogens is 473 g/mol. The number of fused-ring (bicyclic) bond motifs is 1. The molecule has 2 N–H and O–H groups in total. The third-order valence-corrected chi connectivity index (χ3v) is 4.99. The lowest BCUT2D eigenvalue weighted by Crippen LogP contribution is -2.51. The number of rotatable bonds is 5. The van der Waals surface area contributed by atoms with E-state index in [9.17, 15) is 4.79 Å². The highest BCUT2D eigenvalue weighted by Crippen LogP contribution is 2.14. The number of ether oxygens (including phenoxy) is 1. The minimum Gasteiger partial charge on any atom is -0.381 e. The maximum Gasteiger partial charge on any atom is 0.243 e. The van der Waals surface area contributed by atoms with Gasteiger partial charge in [0.2, 0.25) is 5.91 Å². The Kier molecular flexibility index (Phi) is 8.93. The molecule has 0 spiro atoms. The first-order valence-electron chi connectivity index (χ1n) is 9.83. The quantitative estimate of drug-likeness (QED) is 0.345. The van der Waals surface area contributed by atoms with Crippen molar-refractivity contribution in [2.75, 3.05) is 33.9 Å². The summed E-state index contributed by atoms with van der Waals surface area (Å²) in [6.45, 7) is 4.48. The van der Waals surface area contributed by atoms with Gasteiger partial charge < -0.3 is 20.3 Å². The number of nitrogens with zero attached hydrogens (tertiary/aromatic N) is 5. The Labute approximate surface area is 183 Å². The first kappa shape index (κ1) is 22.9. The van der Waals surface area contributed by atoms with E-state index in [-0.39, 0.29) is 42.5 Å². The van der Waals surface area contributed by atoms with Gasteiger partial charge in [0.1, 0.15) is 12.4 Å². The smallest absolute Gasteiger partial charge is 0.243 e. The molecule has 158 valence electrons. The zero-order chi connectivity index (χ0) is 19.2. The van der Waals surface area contributed by atoms with Crippen LogP contribution in [-0.4, -0.2) is 77.5 Å². The summed E-state index contributed by atoms with van der Waals surface area (Å²) in [6.07, 6.45) is 4.60. The highest BCUT2D eigenvalue weighted by molar-refractivity contribution is 14.0. The molecular formula is C18H32IN7O2. The van der Waals surface area contributed by atoms with Gasteiger partial charge in [-0.3, -0.25) is 4.79 Å². The highest BCUT2D eigenvalue weighted by atomic mass is 127. The van der Waals surface area contributed by atoms with Crippen LogP contribution in [0.5, 0.6) is 0 Å². The number of halogens is 1. The van der Waals surface area contributed by atoms with Gasteiger partial charge in [-0.15, -0.1) is 24.0 Å². The molecule has 1 fully saturated rings. The van der Waals surface area contributed by atoms with E-state index in [2.05, 4.69) is 32.6 Å². The number of carbonyl (C=O) groups is 1. The lowest BCUT2D eigenvalue weighted by atomic mass is 10.1. The Morgan fingerprint density at radius 1 is 1.25 bits per heavy atom. The van der Waals surface area contributed by atoms with Crippen LogP contribution < -0.4 is 10.6 Å². The van der Waals surface area contributed by atoms with Crippen molar-refractivity contribution in [3.8, 4) is 0 Å². The average molecular weight is 505 g/mol. The zero-order valence-electron chi connectivity index (χ0n) is 17.0. The van der Waals surface area contributed by atoms with Crippen molar-refractivity contribution >= 4 is 35.8 Å². The summed E-state index contributed by atoms with van der Waals surface area (Å²) in [5.41, 5.74) is 0. The molecule has 0 radical (unpaired) electrons. The van der Waals surface area contributed by atoms with Crippen LogP contribution >= 0.6 is 24.0 Å². The molecule has 1 saturated heterocycles. The van der Waals surface area contributed by atoms with Crippen LogP contribution in [0.1, 0.15) is 37.8 Å². The molecule has 1 aromatic heterocycles. The maximum atomic E-state index is 12.0. The van der Waals surface area contributed by atoms with Crippen LogP contribution in [0, 0.1) is 0 Å². The predicted octanol–water partition coefficient (Wildman–Crippen LogP) is 0.576. The molecule has 0 bridgehead atoms. The molecule has 2 aliphatic rings. The SMILES string of the molecule is CCc1nc2n(n1)CC(NC(=NCC(=O)N(C)C)NC1CCOCC1)CC2.I. The summed E-state index contributed by atoms with van der Waals surface area (Å²) in [5, 5.41) is 11.6. The summed E-state index contributed by atoms with van der Waals surface area (Å²) in [7, 11) is 3.49. The first-order valence-corrected chi connectivity index (χ1v) is 9.83. The Bertz CT molecular complexity index is 671. The monoisotopic (exact) mass is 505 g/mol. The fourth-order valence-electron chi connectivity index (χ4n) is 3.28. The Balaban J connectivity index is 0.00000280. The van der Waals surface area contributed by atoms with Crippen molar-refractivity contribution in [3.05, 3.63) is 11.6 Å². The van der Waals surface area contributed by atoms with Crippen LogP contribution in [0.25, 0.3) is 0 Å². The molecule has 1 unspecified atom stereocenters. The van der Waals surface area contributed by atoms with Crippen LogP contribution in [-0.2, 0) is 28.9 Å². The second-order valence-corrected chi connectivity index (χ2v) is 7.34. The van der Waals surface area contributed by atoms with Gasteiger partial charge in [-0.05, 0) is 19.3 Å². The maximum absolute atomic E-state index is 12.0. The van der Waals surface area contributed by atoms with E-state index in [0.717, 1.165) is 63.5 Å². The number of hydrogen-bond acceptors (Lipinski definition) is 5. The Hall–Kier alpha value is -1.43. The van der Waals surface area contributed by atoms with Gasteiger partial charge in [-0.25, -0.2) is 14.7 Å². The van der Waals surface area contributed by atoms with E-state index < -0.39 is 0 Å². The predicted molar refractivity (Wildman–Crippen MR) is 118 cm³/mol. The molecule has 3 rings (SSSR count). The van der Waals surface area contributed by atoms with Crippen LogP contribution in [0.3, 0.4) is 0 Å². The van der Waals surface area contributed by atoms with Gasteiger partial charge in [0, 0.05) is 52.2 Å². The zero-order valence-corrected chi connectivity index (χ0v) is 19.3. The summed E-state index contributed by atoms with van der Waals surface area (Å²) < 4.78 is 7.43. The van der Waals surface area contributed by atoms with Gasteiger partial charge in [0.15, 0.2) is 11.8 Å². The van der Waals surface area contributed by atoms with Crippen molar-refractivity contribution in [1.29, 1.82) is 0 Å². The van der Waals surface area contributed by atoms with Gasteiger partial charge >= 0.3 is 0 Å². The van der Waals surface area contributed by atoms with Gasteiger partial charge in [0.25, 0.3) is 0 Å². The van der Waals surface area contributed by atoms with Gasteiger partial charge in [-0.1, -0.05) is 6.92 Å². The molecule has 28 heavy (non-hydrogen) atoms. The van der Waals surface area contributed by atoms with E-state index in [0.29, 0.717) is 12.0 Å². The van der Waals surface area contributed by atoms with Crippen LogP contribution in [0.2, 0.25) is 0 Å². The van der Waals surface area contributed by atoms with E-state index in [1.54, 1.807) is 19.0 Å². The number of nitrogens with one attached hydrogen (secondary N) is 2. The van der Waals surface area contributed by atoms with Gasteiger partial charge in [-0.2, -0.15) is 5.10 Å². The minimum absolute atomic E-state index is 0. The molecule has 0 aliphatic carbocycles. The Morgan fingerprint density at radius 3 is 2.64 bits per heavy atom. The van der Waals surface area contributed by atoms with E-state index in [1.165, 1.54) is 0 Å². The largest absolute Gasteiger partial charge is 0.381 e. The first-order chi connectivity index (χ1) is 13.0. The number of aliphatic imine (C=N–C) groups is 1. The second-order valence-electron chi connectivity index (χ2n) is 7.34. The normalized spacial score (nSPS) is 20.1. The number of aromatic nitrogens is 3. The molecule has 3 heterocycles. The number of aryl methyl sites for hydroxylation is 2. The van der Waals surface area contributed by atoms with Crippen molar-refractivity contribution in [3.63, 3.8) is 0 Å².